The first kappa shape index (κ1) is 12.2. The van der Waals surface area contributed by atoms with Crippen LogP contribution in [0.1, 0.15) is 44.0 Å². The minimum Gasteiger partial charge on any atom is -0.380 e. The third kappa shape index (κ3) is 2.70. The van der Waals surface area contributed by atoms with Crippen LogP contribution < -0.4 is 0 Å². The number of carbonyl (C=O) groups is 1. The maximum absolute atomic E-state index is 11.7. The van der Waals surface area contributed by atoms with Crippen molar-refractivity contribution in [1.82, 2.24) is 10.1 Å². The third-order valence-corrected chi connectivity index (χ3v) is 2.70. The molecule has 1 aliphatic heterocycles. The summed E-state index contributed by atoms with van der Waals surface area (Å²) in [7, 11) is 0. The van der Waals surface area contributed by atoms with Crippen LogP contribution in [0.25, 0.3) is 0 Å². The van der Waals surface area contributed by atoms with Gasteiger partial charge in [-0.3, -0.25) is 4.79 Å². The van der Waals surface area contributed by atoms with E-state index in [1.807, 2.05) is 13.8 Å². The highest BCUT2D eigenvalue weighted by molar-refractivity contribution is 5.85. The zero-order valence-electron chi connectivity index (χ0n) is 10.0. The molecule has 0 bridgehead atoms. The van der Waals surface area contributed by atoms with E-state index in [0.717, 1.165) is 0 Å². The first-order chi connectivity index (χ1) is 8.22. The number of hydrogen-bond donors (Lipinski definition) is 0. The Morgan fingerprint density at radius 1 is 1.59 bits per heavy atom. The molecule has 2 unspecified atom stereocenters. The van der Waals surface area contributed by atoms with Crippen molar-refractivity contribution in [2.75, 3.05) is 19.8 Å². The molecule has 0 saturated carbocycles. The van der Waals surface area contributed by atoms with Crippen molar-refractivity contribution in [3.05, 3.63) is 11.7 Å². The van der Waals surface area contributed by atoms with Gasteiger partial charge in [-0.05, 0) is 13.8 Å². The Morgan fingerprint density at radius 2 is 2.41 bits per heavy atom. The van der Waals surface area contributed by atoms with Crippen LogP contribution in [0.5, 0.6) is 0 Å². The molecule has 6 nitrogen and oxygen atoms in total. The fraction of sp³-hybridized carbons (Fsp3) is 0.727. The molecule has 1 aliphatic rings. The molecule has 1 fully saturated rings. The maximum Gasteiger partial charge on any atom is 0.239 e. The predicted molar refractivity (Wildman–Crippen MR) is 57.5 cm³/mol. The second-order valence-electron chi connectivity index (χ2n) is 3.93. The summed E-state index contributed by atoms with van der Waals surface area (Å²) in [5.41, 5.74) is 0. The molecule has 94 valence electrons. The lowest BCUT2D eigenvalue weighted by Crippen LogP contribution is -2.25. The number of aromatic nitrogens is 2. The molecule has 0 aliphatic carbocycles. The minimum atomic E-state index is -0.418. The highest BCUT2D eigenvalue weighted by Crippen LogP contribution is 2.22. The smallest absolute Gasteiger partial charge is 0.239 e. The van der Waals surface area contributed by atoms with Crippen LogP contribution in [-0.2, 0) is 14.3 Å². The zero-order chi connectivity index (χ0) is 12.3. The van der Waals surface area contributed by atoms with Gasteiger partial charge in [0.05, 0.1) is 13.2 Å². The summed E-state index contributed by atoms with van der Waals surface area (Å²) >= 11 is 0. The van der Waals surface area contributed by atoms with E-state index in [1.54, 1.807) is 0 Å². The molecular formula is C11H16N2O4. The van der Waals surface area contributed by atoms with E-state index in [1.165, 1.54) is 0 Å². The van der Waals surface area contributed by atoms with E-state index in [2.05, 4.69) is 10.1 Å². The Labute approximate surface area is 99.3 Å². The van der Waals surface area contributed by atoms with Gasteiger partial charge in [-0.2, -0.15) is 4.98 Å². The fourth-order valence-corrected chi connectivity index (χ4v) is 1.73. The monoisotopic (exact) mass is 240 g/mol. The van der Waals surface area contributed by atoms with Gasteiger partial charge in [0.1, 0.15) is 17.8 Å². The van der Waals surface area contributed by atoms with Crippen molar-refractivity contribution >= 4 is 5.78 Å². The summed E-state index contributed by atoms with van der Waals surface area (Å²) in [5.74, 6) is 0.478. The molecule has 1 aromatic heterocycles. The number of carbonyl (C=O) groups excluding carboxylic acids is 1. The summed E-state index contributed by atoms with van der Waals surface area (Å²) in [6.07, 6.45) is 0.181. The molecule has 1 saturated heterocycles. The minimum absolute atomic E-state index is 0.0931. The maximum atomic E-state index is 11.7. The molecule has 0 amide bonds. The molecule has 6 heteroatoms. The van der Waals surface area contributed by atoms with Gasteiger partial charge in [0, 0.05) is 13.0 Å². The van der Waals surface area contributed by atoms with Crippen LogP contribution in [0.15, 0.2) is 4.52 Å². The van der Waals surface area contributed by atoms with Crippen molar-refractivity contribution in [3.63, 3.8) is 0 Å². The Kier molecular flexibility index (Phi) is 3.86. The van der Waals surface area contributed by atoms with E-state index in [-0.39, 0.29) is 11.9 Å². The van der Waals surface area contributed by atoms with Gasteiger partial charge in [-0.1, -0.05) is 5.16 Å². The molecule has 2 atom stereocenters. The van der Waals surface area contributed by atoms with Crippen molar-refractivity contribution in [3.8, 4) is 0 Å². The fourth-order valence-electron chi connectivity index (χ4n) is 1.73. The lowest BCUT2D eigenvalue weighted by atomic mass is 10.0. The zero-order valence-corrected chi connectivity index (χ0v) is 10.0. The van der Waals surface area contributed by atoms with E-state index < -0.39 is 5.92 Å². The van der Waals surface area contributed by atoms with Gasteiger partial charge in [0.25, 0.3) is 0 Å². The standard InChI is InChI=1S/C11H16N2O4/c1-3-16-7(2)10-12-11(17-13-10)8-6-15-5-4-9(8)14/h7-8H,3-6H2,1-2H3. The average molecular weight is 240 g/mol. The van der Waals surface area contributed by atoms with Gasteiger partial charge >= 0.3 is 0 Å². The Balaban J connectivity index is 2.09. The van der Waals surface area contributed by atoms with E-state index in [9.17, 15) is 4.79 Å². The normalized spacial score (nSPS) is 22.7. The summed E-state index contributed by atoms with van der Waals surface area (Å²) in [5, 5.41) is 3.83. The van der Waals surface area contributed by atoms with E-state index in [0.29, 0.717) is 38.0 Å². The van der Waals surface area contributed by atoms with Gasteiger partial charge in [0.2, 0.25) is 5.89 Å². The van der Waals surface area contributed by atoms with Crippen molar-refractivity contribution in [2.24, 2.45) is 0 Å². The lowest BCUT2D eigenvalue weighted by molar-refractivity contribution is -0.127. The van der Waals surface area contributed by atoms with Crippen LogP contribution >= 0.6 is 0 Å². The second-order valence-corrected chi connectivity index (χ2v) is 3.93. The van der Waals surface area contributed by atoms with Crippen molar-refractivity contribution < 1.29 is 18.8 Å². The van der Waals surface area contributed by atoms with Crippen molar-refractivity contribution in [1.29, 1.82) is 0 Å². The first-order valence-corrected chi connectivity index (χ1v) is 5.78. The molecule has 17 heavy (non-hydrogen) atoms. The van der Waals surface area contributed by atoms with Gasteiger partial charge in [-0.15, -0.1) is 0 Å². The number of nitrogens with zero attached hydrogens (tertiary/aromatic N) is 2. The SMILES string of the molecule is CCOC(C)c1noc(C2COCCC2=O)n1. The summed E-state index contributed by atoms with van der Waals surface area (Å²) in [4.78, 5) is 15.9. The van der Waals surface area contributed by atoms with Gasteiger partial charge in [0.15, 0.2) is 5.82 Å². The van der Waals surface area contributed by atoms with Gasteiger partial charge < -0.3 is 14.0 Å². The quantitative estimate of drug-likeness (QED) is 0.788. The molecule has 2 heterocycles. The van der Waals surface area contributed by atoms with E-state index >= 15 is 0 Å². The molecule has 0 spiro atoms. The number of ether oxygens (including phenoxy) is 2. The highest BCUT2D eigenvalue weighted by Gasteiger charge is 2.30. The van der Waals surface area contributed by atoms with Crippen molar-refractivity contribution in [2.45, 2.75) is 32.3 Å². The predicted octanol–water partition coefficient (Wildman–Crippen LogP) is 1.24. The van der Waals surface area contributed by atoms with Crippen LogP contribution in [0.3, 0.4) is 0 Å². The second kappa shape index (κ2) is 5.37. The Morgan fingerprint density at radius 3 is 3.12 bits per heavy atom. The van der Waals surface area contributed by atoms with Crippen LogP contribution in [0.4, 0.5) is 0 Å². The van der Waals surface area contributed by atoms with Gasteiger partial charge in [-0.25, -0.2) is 0 Å². The highest BCUT2D eigenvalue weighted by atomic mass is 16.5. The Bertz CT molecular complexity index is 391. The lowest BCUT2D eigenvalue weighted by Gasteiger charge is -2.17. The molecule has 2 rings (SSSR count). The number of rotatable bonds is 4. The summed E-state index contributed by atoms with van der Waals surface area (Å²) in [6, 6.07) is 0. The number of hydrogen-bond acceptors (Lipinski definition) is 6. The Hall–Kier alpha value is -1.27. The molecule has 0 radical (unpaired) electrons. The largest absolute Gasteiger partial charge is 0.380 e. The van der Waals surface area contributed by atoms with Crippen LogP contribution in [-0.4, -0.2) is 35.7 Å². The topological polar surface area (TPSA) is 74.5 Å². The summed E-state index contributed by atoms with van der Waals surface area (Å²) < 4.78 is 15.7. The summed E-state index contributed by atoms with van der Waals surface area (Å²) in [6.45, 7) is 5.12. The van der Waals surface area contributed by atoms with Crippen LogP contribution in [0.2, 0.25) is 0 Å². The number of ketones is 1. The molecular weight excluding hydrogens is 224 g/mol. The number of Topliss-reactive ketones (excluding diaryl/α,β-unsaturated/α-hetero) is 1. The third-order valence-electron chi connectivity index (χ3n) is 2.70. The average Bonchev–Trinajstić information content (AvgIpc) is 2.79. The van der Waals surface area contributed by atoms with E-state index in [4.69, 9.17) is 14.0 Å². The van der Waals surface area contributed by atoms with Crippen LogP contribution in [0, 0.1) is 0 Å². The first-order valence-electron chi connectivity index (χ1n) is 5.78. The molecule has 0 N–H and O–H groups in total. The molecule has 1 aromatic rings. The molecule has 0 aromatic carbocycles.